The van der Waals surface area contributed by atoms with E-state index in [0.29, 0.717) is 15.5 Å². The number of hydrogen-bond acceptors (Lipinski definition) is 3. The van der Waals surface area contributed by atoms with E-state index in [-0.39, 0.29) is 6.04 Å². The summed E-state index contributed by atoms with van der Waals surface area (Å²) in [6, 6.07) is 14.4. The van der Waals surface area contributed by atoms with Gasteiger partial charge in [-0.05, 0) is 86.1 Å². The van der Waals surface area contributed by atoms with Crippen LogP contribution in [0.2, 0.25) is 15.1 Å². The molecule has 0 aromatic heterocycles. The van der Waals surface area contributed by atoms with Crippen LogP contribution in [0.5, 0.6) is 0 Å². The molecule has 2 saturated heterocycles. The first-order valence-corrected chi connectivity index (χ1v) is 13.7. The van der Waals surface area contributed by atoms with Crippen LogP contribution in [0.3, 0.4) is 0 Å². The Bertz CT molecular complexity index is 933. The molecule has 186 valence electrons. The molecule has 3 nitrogen and oxygen atoms in total. The molecule has 2 aliphatic rings. The van der Waals surface area contributed by atoms with Crippen LogP contribution in [0, 0.1) is 11.3 Å². The SMILES string of the molecule is CC(C)(C)CCN1CCC(CN2CCN(c3ccc(Cl)cc3Cl)C(c3ccc(Cl)cc3)C2)CC1. The summed E-state index contributed by atoms with van der Waals surface area (Å²) >= 11 is 19.0. The minimum atomic E-state index is 0.233. The van der Waals surface area contributed by atoms with Crippen molar-refractivity contribution in [2.75, 3.05) is 50.7 Å². The smallest absolute Gasteiger partial charge is 0.0670 e. The lowest BCUT2D eigenvalue weighted by Crippen LogP contribution is -2.50. The first kappa shape index (κ1) is 26.1. The first-order valence-electron chi connectivity index (χ1n) is 12.6. The van der Waals surface area contributed by atoms with E-state index in [2.05, 4.69) is 53.7 Å². The number of rotatable bonds is 6. The molecule has 6 heteroatoms. The molecular formula is C28H38Cl3N3. The monoisotopic (exact) mass is 521 g/mol. The van der Waals surface area contributed by atoms with Crippen LogP contribution >= 0.6 is 34.8 Å². The lowest BCUT2D eigenvalue weighted by Gasteiger charge is -2.45. The van der Waals surface area contributed by atoms with Crippen molar-refractivity contribution < 1.29 is 0 Å². The molecule has 34 heavy (non-hydrogen) atoms. The van der Waals surface area contributed by atoms with Gasteiger partial charge >= 0.3 is 0 Å². The van der Waals surface area contributed by atoms with Gasteiger partial charge in [-0.3, -0.25) is 4.90 Å². The Morgan fingerprint density at radius 3 is 2.15 bits per heavy atom. The molecule has 2 aromatic carbocycles. The van der Waals surface area contributed by atoms with E-state index in [1.54, 1.807) is 0 Å². The summed E-state index contributed by atoms with van der Waals surface area (Å²) in [6.07, 6.45) is 3.88. The number of halogens is 3. The molecule has 0 spiro atoms. The fraction of sp³-hybridized carbons (Fsp3) is 0.571. The zero-order valence-electron chi connectivity index (χ0n) is 20.7. The maximum absolute atomic E-state index is 6.63. The highest BCUT2D eigenvalue weighted by Gasteiger charge is 2.31. The van der Waals surface area contributed by atoms with Crippen LogP contribution in [-0.4, -0.2) is 55.6 Å². The Kier molecular flexibility index (Phi) is 8.75. The highest BCUT2D eigenvalue weighted by atomic mass is 35.5. The highest BCUT2D eigenvalue weighted by molar-refractivity contribution is 6.36. The fourth-order valence-electron chi connectivity index (χ4n) is 5.23. The van der Waals surface area contributed by atoms with Gasteiger partial charge in [0.1, 0.15) is 0 Å². The van der Waals surface area contributed by atoms with E-state index in [9.17, 15) is 0 Å². The second-order valence-corrected chi connectivity index (χ2v) is 12.5. The third-order valence-electron chi connectivity index (χ3n) is 7.34. The highest BCUT2D eigenvalue weighted by Crippen LogP contribution is 2.37. The van der Waals surface area contributed by atoms with E-state index in [1.807, 2.05) is 24.3 Å². The maximum atomic E-state index is 6.63. The van der Waals surface area contributed by atoms with E-state index in [1.165, 1.54) is 51.0 Å². The van der Waals surface area contributed by atoms with Gasteiger partial charge < -0.3 is 9.80 Å². The summed E-state index contributed by atoms with van der Waals surface area (Å²) < 4.78 is 0. The molecule has 0 amide bonds. The van der Waals surface area contributed by atoms with Gasteiger partial charge in [-0.1, -0.05) is 67.7 Å². The third-order valence-corrected chi connectivity index (χ3v) is 8.13. The van der Waals surface area contributed by atoms with Gasteiger partial charge in [0, 0.05) is 36.2 Å². The number of piperidine rings is 1. The van der Waals surface area contributed by atoms with Crippen molar-refractivity contribution in [1.82, 2.24) is 9.80 Å². The summed E-state index contributed by atoms with van der Waals surface area (Å²) in [5, 5.41) is 2.15. The summed E-state index contributed by atoms with van der Waals surface area (Å²) in [5.74, 6) is 0.780. The quantitative estimate of drug-likeness (QED) is 0.385. The zero-order valence-corrected chi connectivity index (χ0v) is 23.0. The molecule has 2 fully saturated rings. The maximum Gasteiger partial charge on any atom is 0.0670 e. The lowest BCUT2D eigenvalue weighted by molar-refractivity contribution is 0.122. The van der Waals surface area contributed by atoms with E-state index < -0.39 is 0 Å². The van der Waals surface area contributed by atoms with E-state index in [0.717, 1.165) is 36.3 Å². The second-order valence-electron chi connectivity index (χ2n) is 11.2. The van der Waals surface area contributed by atoms with Crippen molar-refractivity contribution >= 4 is 40.5 Å². The molecule has 2 aromatic rings. The average molecular weight is 523 g/mol. The number of anilines is 1. The molecule has 2 aliphatic heterocycles. The standard InChI is InChI=1S/C28H38Cl3N3/c1-28(2,3)12-15-32-13-10-21(11-14-32)19-33-16-17-34(26-9-8-24(30)18-25(26)31)27(20-33)22-4-6-23(29)7-5-22/h4-9,18,21,27H,10-17,19-20H2,1-3H3. The number of likely N-dealkylation sites (tertiary alicyclic amines) is 1. The van der Waals surface area contributed by atoms with Gasteiger partial charge in [0.25, 0.3) is 0 Å². The molecule has 2 heterocycles. The molecule has 0 radical (unpaired) electrons. The van der Waals surface area contributed by atoms with Gasteiger partial charge in [-0.25, -0.2) is 0 Å². The molecule has 0 bridgehead atoms. The molecule has 0 N–H and O–H groups in total. The van der Waals surface area contributed by atoms with Gasteiger partial charge in [-0.15, -0.1) is 0 Å². The Balaban J connectivity index is 1.41. The van der Waals surface area contributed by atoms with Crippen LogP contribution < -0.4 is 4.90 Å². The number of hydrogen-bond donors (Lipinski definition) is 0. The zero-order chi connectivity index (χ0) is 24.3. The van der Waals surface area contributed by atoms with Crippen molar-refractivity contribution in [3.63, 3.8) is 0 Å². The second kappa shape index (κ2) is 11.4. The van der Waals surface area contributed by atoms with Gasteiger partial charge in [0.2, 0.25) is 0 Å². The summed E-state index contributed by atoms with van der Waals surface area (Å²) in [7, 11) is 0. The molecular weight excluding hydrogens is 485 g/mol. The minimum absolute atomic E-state index is 0.233. The van der Waals surface area contributed by atoms with E-state index in [4.69, 9.17) is 34.8 Å². The van der Waals surface area contributed by atoms with Crippen LogP contribution in [-0.2, 0) is 0 Å². The largest absolute Gasteiger partial charge is 0.361 e. The lowest BCUT2D eigenvalue weighted by atomic mass is 9.90. The molecule has 4 rings (SSSR count). The fourth-order valence-corrected chi connectivity index (χ4v) is 5.87. The Labute approximate surface area is 221 Å². The average Bonchev–Trinajstić information content (AvgIpc) is 2.79. The van der Waals surface area contributed by atoms with Crippen molar-refractivity contribution in [1.29, 1.82) is 0 Å². The molecule has 1 unspecified atom stereocenters. The minimum Gasteiger partial charge on any atom is -0.361 e. The van der Waals surface area contributed by atoms with Crippen LogP contribution in [0.15, 0.2) is 42.5 Å². The van der Waals surface area contributed by atoms with Crippen LogP contribution in [0.1, 0.15) is 51.6 Å². The topological polar surface area (TPSA) is 9.72 Å². The van der Waals surface area contributed by atoms with Crippen molar-refractivity contribution in [3.05, 3.63) is 63.1 Å². The predicted molar refractivity (Wildman–Crippen MR) is 148 cm³/mol. The summed E-state index contributed by atoms with van der Waals surface area (Å²) in [4.78, 5) is 7.77. The normalized spacial score (nSPS) is 21.2. The predicted octanol–water partition coefficient (Wildman–Crippen LogP) is 7.66. The number of nitrogens with zero attached hydrogens (tertiary/aromatic N) is 3. The number of benzene rings is 2. The van der Waals surface area contributed by atoms with Crippen LogP contribution in [0.4, 0.5) is 5.69 Å². The van der Waals surface area contributed by atoms with Crippen LogP contribution in [0.25, 0.3) is 0 Å². The van der Waals surface area contributed by atoms with E-state index >= 15 is 0 Å². The molecule has 1 atom stereocenters. The molecule has 0 saturated carbocycles. The van der Waals surface area contributed by atoms with Gasteiger partial charge in [0.15, 0.2) is 0 Å². The molecule has 0 aliphatic carbocycles. The Hall–Kier alpha value is -0.970. The first-order chi connectivity index (χ1) is 16.2. The van der Waals surface area contributed by atoms with Crippen molar-refractivity contribution in [2.24, 2.45) is 11.3 Å². The number of piperazine rings is 1. The van der Waals surface area contributed by atoms with Gasteiger partial charge in [0.05, 0.1) is 16.8 Å². The van der Waals surface area contributed by atoms with Crippen molar-refractivity contribution in [2.45, 2.75) is 46.1 Å². The van der Waals surface area contributed by atoms with Crippen molar-refractivity contribution in [3.8, 4) is 0 Å². The Morgan fingerprint density at radius 1 is 0.824 bits per heavy atom. The summed E-state index contributed by atoms with van der Waals surface area (Å²) in [5.41, 5.74) is 2.75. The van der Waals surface area contributed by atoms with Gasteiger partial charge in [-0.2, -0.15) is 0 Å². The summed E-state index contributed by atoms with van der Waals surface area (Å²) in [6.45, 7) is 14.9. The Morgan fingerprint density at radius 2 is 1.50 bits per heavy atom. The third kappa shape index (κ3) is 7.04.